The number of carbonyl (C=O) groups excluding carboxylic acids is 1. The third-order valence-corrected chi connectivity index (χ3v) is 6.73. The lowest BCUT2D eigenvalue weighted by Crippen LogP contribution is -2.68. The smallest absolute Gasteiger partial charge is 0.310 e. The molecule has 0 spiro atoms. The number of para-hydroxylation sites is 1. The summed E-state index contributed by atoms with van der Waals surface area (Å²) >= 11 is 0. The minimum Gasteiger partial charge on any atom is -0.469 e. The average molecular weight is 322 g/mol. The summed E-state index contributed by atoms with van der Waals surface area (Å²) in [6.45, 7) is 4.09. The quantitative estimate of drug-likeness (QED) is 0.590. The van der Waals surface area contributed by atoms with Crippen LogP contribution in [-0.4, -0.2) is 42.8 Å². The number of nitrogens with zero attached hydrogens (tertiary/aromatic N) is 2. The molecule has 0 unspecified atom stereocenters. The molecule has 4 aliphatic rings. The number of piperidine rings is 2. The first-order chi connectivity index (χ1) is 11.7. The average Bonchev–Trinajstić information content (AvgIpc) is 2.96. The van der Waals surface area contributed by atoms with Crippen LogP contribution in [0.1, 0.15) is 25.3 Å². The van der Waals surface area contributed by atoms with Crippen molar-refractivity contribution in [1.82, 2.24) is 4.90 Å². The molecular formula is C20H22N2O2. The maximum atomic E-state index is 12.9. The summed E-state index contributed by atoms with van der Waals surface area (Å²) in [5, 5.41) is 0. The Morgan fingerprint density at radius 1 is 1.42 bits per heavy atom. The van der Waals surface area contributed by atoms with Crippen LogP contribution in [0.25, 0.3) is 0 Å². The van der Waals surface area contributed by atoms with E-state index < -0.39 is 0 Å². The van der Waals surface area contributed by atoms with Gasteiger partial charge >= 0.3 is 5.97 Å². The van der Waals surface area contributed by atoms with Gasteiger partial charge in [0.2, 0.25) is 0 Å². The number of esters is 1. The standard InChI is InChI=1S/C20H22N2O2/c1-3-12-11-22-9-8-20-14-6-4-5-7-15(14)21-18(20)16(22)10-13(12)17(20)19(23)24-2/h3-7,13,16-17H,8-11H2,1-2H3/b12-3-/t13-,16-,17+,20-/m0/s1. The second-order valence-corrected chi connectivity index (χ2v) is 7.43. The number of carbonyl (C=O) groups is 1. The summed E-state index contributed by atoms with van der Waals surface area (Å²) in [5.74, 6) is 0.0569. The zero-order chi connectivity index (χ0) is 16.5. The Balaban J connectivity index is 1.79. The number of allylic oxidation sites excluding steroid dienone is 1. The van der Waals surface area contributed by atoms with Gasteiger partial charge in [-0.3, -0.25) is 14.7 Å². The van der Waals surface area contributed by atoms with Gasteiger partial charge < -0.3 is 4.74 Å². The zero-order valence-corrected chi connectivity index (χ0v) is 14.2. The van der Waals surface area contributed by atoms with Crippen molar-refractivity contribution in [3.8, 4) is 0 Å². The van der Waals surface area contributed by atoms with Crippen molar-refractivity contribution in [3.63, 3.8) is 0 Å². The lowest BCUT2D eigenvalue weighted by molar-refractivity contribution is -0.151. The van der Waals surface area contributed by atoms with Gasteiger partial charge in [-0.25, -0.2) is 0 Å². The molecule has 4 atom stereocenters. The Labute approximate surface area is 142 Å². The van der Waals surface area contributed by atoms with Gasteiger partial charge in [0.05, 0.1) is 24.1 Å². The van der Waals surface area contributed by atoms with Gasteiger partial charge in [-0.2, -0.15) is 0 Å². The molecule has 4 nitrogen and oxygen atoms in total. The highest BCUT2D eigenvalue weighted by Gasteiger charge is 2.65. The first kappa shape index (κ1) is 14.4. The predicted octanol–water partition coefficient (Wildman–Crippen LogP) is 2.85. The Bertz CT molecular complexity index is 797. The van der Waals surface area contributed by atoms with E-state index in [4.69, 9.17) is 9.73 Å². The van der Waals surface area contributed by atoms with Crippen LogP contribution >= 0.6 is 0 Å². The maximum Gasteiger partial charge on any atom is 0.310 e. The Morgan fingerprint density at radius 3 is 3.04 bits per heavy atom. The highest BCUT2D eigenvalue weighted by atomic mass is 16.5. The number of rotatable bonds is 1. The molecule has 2 saturated heterocycles. The molecule has 24 heavy (non-hydrogen) atoms. The molecule has 124 valence electrons. The van der Waals surface area contributed by atoms with E-state index in [9.17, 15) is 4.79 Å². The molecule has 3 bridgehead atoms. The predicted molar refractivity (Wildman–Crippen MR) is 92.6 cm³/mol. The van der Waals surface area contributed by atoms with E-state index in [0.717, 1.165) is 31.6 Å². The molecule has 1 aliphatic carbocycles. The van der Waals surface area contributed by atoms with Crippen LogP contribution in [0.15, 0.2) is 40.9 Å². The molecular weight excluding hydrogens is 300 g/mol. The molecule has 0 aromatic heterocycles. The summed E-state index contributed by atoms with van der Waals surface area (Å²) in [5.41, 5.74) is 4.64. The number of methoxy groups -OCH3 is 1. The molecule has 0 N–H and O–H groups in total. The van der Waals surface area contributed by atoms with Gasteiger partial charge in [0.25, 0.3) is 0 Å². The largest absolute Gasteiger partial charge is 0.469 e. The fraction of sp³-hybridized carbons (Fsp3) is 0.500. The van der Waals surface area contributed by atoms with Crippen LogP contribution in [0.5, 0.6) is 0 Å². The van der Waals surface area contributed by atoms with Crippen LogP contribution in [0.4, 0.5) is 5.69 Å². The molecule has 3 aliphatic heterocycles. The van der Waals surface area contributed by atoms with Gasteiger partial charge in [-0.15, -0.1) is 0 Å². The first-order valence-corrected chi connectivity index (χ1v) is 8.86. The summed E-state index contributed by atoms with van der Waals surface area (Å²) < 4.78 is 5.31. The van der Waals surface area contributed by atoms with E-state index >= 15 is 0 Å². The summed E-state index contributed by atoms with van der Waals surface area (Å²) in [7, 11) is 1.52. The molecule has 4 heteroatoms. The van der Waals surface area contributed by atoms with Crippen molar-refractivity contribution in [2.75, 3.05) is 20.2 Å². The van der Waals surface area contributed by atoms with Crippen LogP contribution in [0.2, 0.25) is 0 Å². The van der Waals surface area contributed by atoms with Gasteiger partial charge in [-0.05, 0) is 37.3 Å². The number of benzene rings is 1. The van der Waals surface area contributed by atoms with Crippen LogP contribution in [0.3, 0.4) is 0 Å². The maximum absolute atomic E-state index is 12.9. The van der Waals surface area contributed by atoms with E-state index in [1.807, 2.05) is 6.07 Å². The van der Waals surface area contributed by atoms with Crippen molar-refractivity contribution in [3.05, 3.63) is 41.5 Å². The topological polar surface area (TPSA) is 41.9 Å². The van der Waals surface area contributed by atoms with E-state index in [0.29, 0.717) is 6.04 Å². The number of ether oxygens (including phenoxy) is 1. The minimum absolute atomic E-state index is 0.0717. The van der Waals surface area contributed by atoms with Crippen LogP contribution < -0.4 is 0 Å². The van der Waals surface area contributed by atoms with Crippen molar-refractivity contribution >= 4 is 17.4 Å². The highest BCUT2D eigenvalue weighted by molar-refractivity contribution is 6.09. The highest BCUT2D eigenvalue weighted by Crippen LogP contribution is 2.60. The van der Waals surface area contributed by atoms with E-state index in [-0.39, 0.29) is 23.2 Å². The van der Waals surface area contributed by atoms with Crippen molar-refractivity contribution in [1.29, 1.82) is 0 Å². The van der Waals surface area contributed by atoms with Crippen LogP contribution in [-0.2, 0) is 14.9 Å². The summed E-state index contributed by atoms with van der Waals surface area (Å²) in [4.78, 5) is 20.5. The third-order valence-electron chi connectivity index (χ3n) is 6.73. The Hall–Kier alpha value is -1.94. The Kier molecular flexibility index (Phi) is 2.88. The fourth-order valence-corrected chi connectivity index (χ4v) is 5.77. The van der Waals surface area contributed by atoms with Crippen molar-refractivity contribution in [2.45, 2.75) is 31.2 Å². The fourth-order valence-electron chi connectivity index (χ4n) is 5.77. The van der Waals surface area contributed by atoms with Gasteiger partial charge in [0.1, 0.15) is 0 Å². The summed E-state index contributed by atoms with van der Waals surface area (Å²) in [6.07, 6.45) is 4.17. The zero-order valence-electron chi connectivity index (χ0n) is 14.2. The molecule has 1 saturated carbocycles. The van der Waals surface area contributed by atoms with E-state index in [1.165, 1.54) is 24.0 Å². The Morgan fingerprint density at radius 2 is 2.25 bits per heavy atom. The van der Waals surface area contributed by atoms with Gasteiger partial charge in [0.15, 0.2) is 0 Å². The monoisotopic (exact) mass is 322 g/mol. The summed E-state index contributed by atoms with van der Waals surface area (Å²) in [6, 6.07) is 8.76. The molecule has 1 aromatic rings. The second-order valence-electron chi connectivity index (χ2n) is 7.43. The molecule has 3 fully saturated rings. The van der Waals surface area contributed by atoms with Gasteiger partial charge in [0, 0.05) is 24.8 Å². The number of aliphatic imine (C=N–C) groups is 1. The SMILES string of the molecule is C/C=C1/CN2CC[C@]34C(=Nc5ccccc53)[C@@H]2C[C@@H]1[C@@H]4C(=O)OC. The number of hydrogen-bond donors (Lipinski definition) is 0. The number of hydrogen-bond acceptors (Lipinski definition) is 4. The second kappa shape index (κ2) is 4.79. The molecule has 1 aromatic carbocycles. The van der Waals surface area contributed by atoms with E-state index in [1.54, 1.807) is 0 Å². The normalized spacial score (nSPS) is 37.8. The third kappa shape index (κ3) is 1.53. The molecule has 0 amide bonds. The molecule has 5 rings (SSSR count). The van der Waals surface area contributed by atoms with Crippen molar-refractivity contribution in [2.24, 2.45) is 16.8 Å². The molecule has 0 radical (unpaired) electrons. The lowest BCUT2D eigenvalue weighted by Gasteiger charge is -2.59. The first-order valence-electron chi connectivity index (χ1n) is 8.86. The van der Waals surface area contributed by atoms with Crippen LogP contribution in [0, 0.1) is 11.8 Å². The lowest BCUT2D eigenvalue weighted by atomic mass is 9.51. The number of fused-ring (bicyclic) bond motifs is 2. The van der Waals surface area contributed by atoms with Crippen molar-refractivity contribution < 1.29 is 9.53 Å². The van der Waals surface area contributed by atoms with Gasteiger partial charge in [-0.1, -0.05) is 29.8 Å². The minimum atomic E-state index is -0.261. The van der Waals surface area contributed by atoms with E-state index in [2.05, 4.69) is 36.1 Å². The molecule has 3 heterocycles.